The molecule has 2 heterocycles. The van der Waals surface area contributed by atoms with Gasteiger partial charge >= 0.3 is 0 Å². The van der Waals surface area contributed by atoms with Gasteiger partial charge in [-0.3, -0.25) is 14.5 Å². The zero-order chi connectivity index (χ0) is 26.6. The quantitative estimate of drug-likeness (QED) is 0.196. The topological polar surface area (TPSA) is 76.1 Å². The second-order valence-corrected chi connectivity index (χ2v) is 10.6. The number of aliphatic hydroxyl groups is 1. The van der Waals surface area contributed by atoms with Crippen molar-refractivity contribution in [3.05, 3.63) is 107 Å². The van der Waals surface area contributed by atoms with Crippen molar-refractivity contribution in [1.82, 2.24) is 0 Å². The van der Waals surface area contributed by atoms with E-state index in [4.69, 9.17) is 9.47 Å². The van der Waals surface area contributed by atoms with Crippen molar-refractivity contribution in [3.63, 3.8) is 0 Å². The summed E-state index contributed by atoms with van der Waals surface area (Å²) in [5.41, 5.74) is 2.78. The predicted octanol–water partition coefficient (Wildman–Crippen LogP) is 6.49. The first-order chi connectivity index (χ1) is 18.2. The number of benzene rings is 4. The van der Waals surface area contributed by atoms with Crippen LogP contribution < -0.4 is 14.4 Å². The van der Waals surface area contributed by atoms with Crippen LogP contribution in [0.4, 0.5) is 5.69 Å². The average Bonchev–Trinajstić information content (AvgIpc) is 3.49. The third-order valence-electron chi connectivity index (χ3n) is 7.19. The number of nitrogens with zero attached hydrogens (tertiary/aromatic N) is 1. The van der Waals surface area contributed by atoms with E-state index >= 15 is 0 Å². The van der Waals surface area contributed by atoms with E-state index in [1.54, 1.807) is 24.3 Å². The van der Waals surface area contributed by atoms with Gasteiger partial charge in [-0.15, -0.1) is 0 Å². The maximum Gasteiger partial charge on any atom is 0.300 e. The average molecular weight is 506 g/mol. The molecule has 0 spiro atoms. The Morgan fingerprint density at radius 1 is 0.842 bits per heavy atom. The van der Waals surface area contributed by atoms with Crippen molar-refractivity contribution in [2.45, 2.75) is 32.2 Å². The molecule has 1 N–H and O–H groups in total. The summed E-state index contributed by atoms with van der Waals surface area (Å²) < 4.78 is 11.0. The largest absolute Gasteiger partial charge is 0.507 e. The number of fused-ring (bicyclic) bond motifs is 2. The Bertz CT molecular complexity index is 1630. The molecule has 0 saturated carbocycles. The van der Waals surface area contributed by atoms with Gasteiger partial charge in [-0.05, 0) is 45.5 Å². The molecule has 4 aromatic carbocycles. The number of ketones is 1. The summed E-state index contributed by atoms with van der Waals surface area (Å²) in [5.74, 6) is -0.579. The van der Waals surface area contributed by atoms with Crippen LogP contribution >= 0.6 is 0 Å². The SMILES string of the molecule is CC(C)(C)c1ccc(C2/C(=C(/O)c3ccc4ccccc4c3)C(=O)C(=O)N2c2ccc3c(c2)OCO3)cc1. The van der Waals surface area contributed by atoms with Gasteiger partial charge in [0.05, 0.1) is 11.6 Å². The first-order valence-electron chi connectivity index (χ1n) is 12.5. The molecule has 1 unspecified atom stereocenters. The second-order valence-electron chi connectivity index (χ2n) is 10.6. The van der Waals surface area contributed by atoms with Gasteiger partial charge in [0.15, 0.2) is 11.5 Å². The molecule has 0 radical (unpaired) electrons. The number of rotatable bonds is 3. The highest BCUT2D eigenvalue weighted by Gasteiger charge is 2.47. The predicted molar refractivity (Wildman–Crippen MR) is 146 cm³/mol. The van der Waals surface area contributed by atoms with Gasteiger partial charge < -0.3 is 14.6 Å². The van der Waals surface area contributed by atoms with Gasteiger partial charge in [-0.2, -0.15) is 0 Å². The van der Waals surface area contributed by atoms with Crippen molar-refractivity contribution >= 4 is 33.9 Å². The molecule has 6 rings (SSSR count). The highest BCUT2D eigenvalue weighted by Crippen LogP contribution is 2.45. The fourth-order valence-electron chi connectivity index (χ4n) is 5.11. The molecule has 6 nitrogen and oxygen atoms in total. The number of aliphatic hydroxyl groups excluding tert-OH is 1. The van der Waals surface area contributed by atoms with E-state index in [1.165, 1.54) is 4.90 Å². The molecule has 2 aliphatic rings. The summed E-state index contributed by atoms with van der Waals surface area (Å²) in [6.45, 7) is 6.47. The lowest BCUT2D eigenvalue weighted by molar-refractivity contribution is -0.132. The molecular weight excluding hydrogens is 478 g/mol. The molecule has 0 aliphatic carbocycles. The Morgan fingerprint density at radius 2 is 1.55 bits per heavy atom. The van der Waals surface area contributed by atoms with Crippen LogP contribution in [0, 0.1) is 0 Å². The third-order valence-corrected chi connectivity index (χ3v) is 7.19. The molecule has 1 saturated heterocycles. The number of Topliss-reactive ketones (excluding diaryl/α,β-unsaturated/α-hetero) is 1. The smallest absolute Gasteiger partial charge is 0.300 e. The van der Waals surface area contributed by atoms with E-state index in [9.17, 15) is 14.7 Å². The maximum atomic E-state index is 13.5. The van der Waals surface area contributed by atoms with Crippen LogP contribution in [0.15, 0.2) is 90.5 Å². The molecule has 38 heavy (non-hydrogen) atoms. The summed E-state index contributed by atoms with van der Waals surface area (Å²) in [7, 11) is 0. The lowest BCUT2D eigenvalue weighted by Crippen LogP contribution is -2.29. The minimum atomic E-state index is -0.823. The third kappa shape index (κ3) is 3.89. The van der Waals surface area contributed by atoms with Gasteiger partial charge in [0, 0.05) is 17.3 Å². The van der Waals surface area contributed by atoms with E-state index < -0.39 is 17.7 Å². The van der Waals surface area contributed by atoms with Crippen molar-refractivity contribution in [2.24, 2.45) is 0 Å². The lowest BCUT2D eigenvalue weighted by atomic mass is 9.85. The fraction of sp³-hybridized carbons (Fsp3) is 0.188. The number of hydrogen-bond donors (Lipinski definition) is 1. The minimum Gasteiger partial charge on any atom is -0.507 e. The molecule has 1 atom stereocenters. The maximum absolute atomic E-state index is 13.5. The Labute approximate surface area is 220 Å². The van der Waals surface area contributed by atoms with Crippen LogP contribution in [0.1, 0.15) is 43.5 Å². The number of ether oxygens (including phenoxy) is 2. The van der Waals surface area contributed by atoms with Crippen LogP contribution in [-0.4, -0.2) is 23.6 Å². The Morgan fingerprint density at radius 3 is 2.29 bits per heavy atom. The number of carbonyl (C=O) groups is 2. The van der Waals surface area contributed by atoms with Gasteiger partial charge in [-0.1, -0.05) is 81.4 Å². The standard InChI is InChI=1S/C32H27NO5/c1-32(2,3)23-12-10-20(11-13-23)28-27(29(34)22-9-8-19-6-4-5-7-21(19)16-22)30(35)31(36)33(28)24-14-15-25-26(17-24)38-18-37-25/h4-17,28,34H,18H2,1-3H3/b29-27-. The lowest BCUT2D eigenvalue weighted by Gasteiger charge is -2.26. The molecule has 190 valence electrons. The second kappa shape index (κ2) is 8.77. The molecule has 2 aliphatic heterocycles. The van der Waals surface area contributed by atoms with Crippen molar-refractivity contribution in [3.8, 4) is 11.5 Å². The fourth-order valence-corrected chi connectivity index (χ4v) is 5.11. The van der Waals surface area contributed by atoms with E-state index in [0.29, 0.717) is 22.7 Å². The van der Waals surface area contributed by atoms with Crippen molar-refractivity contribution in [1.29, 1.82) is 0 Å². The molecule has 6 heteroatoms. The summed E-state index contributed by atoms with van der Waals surface area (Å²) in [4.78, 5) is 28.5. The van der Waals surface area contributed by atoms with Crippen LogP contribution in [0.3, 0.4) is 0 Å². The molecule has 0 bridgehead atoms. The van der Waals surface area contributed by atoms with E-state index in [2.05, 4.69) is 20.8 Å². The van der Waals surface area contributed by atoms with Gasteiger partial charge in [0.1, 0.15) is 5.76 Å². The summed E-state index contributed by atoms with van der Waals surface area (Å²) >= 11 is 0. The van der Waals surface area contributed by atoms with Crippen molar-refractivity contribution in [2.75, 3.05) is 11.7 Å². The molecular formula is C32H27NO5. The Hall–Kier alpha value is -4.58. The minimum absolute atomic E-state index is 0.0476. The summed E-state index contributed by atoms with van der Waals surface area (Å²) in [5, 5.41) is 13.5. The van der Waals surface area contributed by atoms with E-state index in [1.807, 2.05) is 60.7 Å². The Kier molecular flexibility index (Phi) is 5.49. The number of carbonyl (C=O) groups excluding carboxylic acids is 2. The van der Waals surface area contributed by atoms with Crippen LogP contribution in [0.25, 0.3) is 16.5 Å². The van der Waals surface area contributed by atoms with Crippen LogP contribution in [-0.2, 0) is 15.0 Å². The van der Waals surface area contributed by atoms with Crippen LogP contribution in [0.5, 0.6) is 11.5 Å². The summed E-state index contributed by atoms with van der Waals surface area (Å²) in [6.07, 6.45) is 0. The zero-order valence-corrected chi connectivity index (χ0v) is 21.4. The number of amides is 1. The Balaban J connectivity index is 1.54. The number of anilines is 1. The first kappa shape index (κ1) is 23.8. The monoisotopic (exact) mass is 505 g/mol. The molecule has 1 fully saturated rings. The normalized spacial score (nSPS) is 18.4. The van der Waals surface area contributed by atoms with Gasteiger partial charge in [0.25, 0.3) is 11.7 Å². The summed E-state index contributed by atoms with van der Waals surface area (Å²) in [6, 6.07) is 25.5. The molecule has 1 amide bonds. The highest BCUT2D eigenvalue weighted by atomic mass is 16.7. The molecule has 4 aromatic rings. The van der Waals surface area contributed by atoms with Gasteiger partial charge in [-0.25, -0.2) is 0 Å². The van der Waals surface area contributed by atoms with Gasteiger partial charge in [0.2, 0.25) is 6.79 Å². The van der Waals surface area contributed by atoms with E-state index in [-0.39, 0.29) is 23.5 Å². The number of hydrogen-bond acceptors (Lipinski definition) is 5. The highest BCUT2D eigenvalue weighted by molar-refractivity contribution is 6.51. The van der Waals surface area contributed by atoms with Crippen LogP contribution in [0.2, 0.25) is 0 Å². The molecule has 0 aromatic heterocycles. The first-order valence-corrected chi connectivity index (χ1v) is 12.5. The zero-order valence-electron chi connectivity index (χ0n) is 21.4. The van der Waals surface area contributed by atoms with Crippen molar-refractivity contribution < 1.29 is 24.2 Å². The van der Waals surface area contributed by atoms with E-state index in [0.717, 1.165) is 21.9 Å².